The number of halogens is 2. The standard InChI is InChI=1S/C12H14BrClO3/c1-7-4-9(14)5-8(2)11(7)17-6-10(13)12(15)16-3/h4-5,10H,6H2,1-3H3. The van der Waals surface area contributed by atoms with Crippen molar-refractivity contribution in [2.24, 2.45) is 0 Å². The van der Waals surface area contributed by atoms with Gasteiger partial charge in [0.15, 0.2) is 0 Å². The Morgan fingerprint density at radius 3 is 2.41 bits per heavy atom. The van der Waals surface area contributed by atoms with Crippen LogP contribution in [0.5, 0.6) is 5.75 Å². The van der Waals surface area contributed by atoms with Gasteiger partial charge in [0, 0.05) is 5.02 Å². The molecule has 0 N–H and O–H groups in total. The number of methoxy groups -OCH3 is 1. The molecule has 17 heavy (non-hydrogen) atoms. The molecule has 0 spiro atoms. The van der Waals surface area contributed by atoms with Crippen LogP contribution in [0.25, 0.3) is 0 Å². The van der Waals surface area contributed by atoms with Gasteiger partial charge in [0.1, 0.15) is 17.2 Å². The van der Waals surface area contributed by atoms with E-state index in [1.807, 2.05) is 26.0 Å². The van der Waals surface area contributed by atoms with E-state index in [9.17, 15) is 4.79 Å². The molecule has 0 heterocycles. The molecule has 0 aromatic heterocycles. The molecule has 1 aromatic carbocycles. The van der Waals surface area contributed by atoms with Crippen LogP contribution in [-0.4, -0.2) is 24.5 Å². The normalized spacial score (nSPS) is 12.1. The molecule has 1 atom stereocenters. The average Bonchev–Trinajstić information content (AvgIpc) is 2.26. The van der Waals surface area contributed by atoms with Crippen LogP contribution in [-0.2, 0) is 9.53 Å². The third kappa shape index (κ3) is 3.89. The fraction of sp³-hybridized carbons (Fsp3) is 0.417. The summed E-state index contributed by atoms with van der Waals surface area (Å²) in [7, 11) is 1.34. The molecule has 0 radical (unpaired) electrons. The molecule has 5 heteroatoms. The number of rotatable bonds is 4. The van der Waals surface area contributed by atoms with Crippen molar-refractivity contribution in [1.29, 1.82) is 0 Å². The smallest absolute Gasteiger partial charge is 0.322 e. The molecule has 1 aromatic rings. The molecule has 94 valence electrons. The Kier molecular flexibility index (Phi) is 5.28. The van der Waals surface area contributed by atoms with Crippen LogP contribution in [0.3, 0.4) is 0 Å². The second-order valence-electron chi connectivity index (χ2n) is 3.67. The molecular formula is C12H14BrClO3. The third-order valence-electron chi connectivity index (χ3n) is 2.26. The number of aryl methyl sites for hydroxylation is 2. The van der Waals surface area contributed by atoms with Gasteiger partial charge in [-0.25, -0.2) is 0 Å². The molecule has 0 amide bonds. The van der Waals surface area contributed by atoms with Crippen LogP contribution in [0, 0.1) is 13.8 Å². The molecule has 1 unspecified atom stereocenters. The van der Waals surface area contributed by atoms with Gasteiger partial charge in [0.2, 0.25) is 0 Å². The van der Waals surface area contributed by atoms with Crippen LogP contribution >= 0.6 is 27.5 Å². The minimum absolute atomic E-state index is 0.218. The Labute approximate surface area is 114 Å². The first-order valence-electron chi connectivity index (χ1n) is 5.07. The SMILES string of the molecule is COC(=O)C(Br)COc1c(C)cc(Cl)cc1C. The largest absolute Gasteiger partial charge is 0.491 e. The fourth-order valence-electron chi connectivity index (χ4n) is 1.48. The van der Waals surface area contributed by atoms with Gasteiger partial charge in [-0.05, 0) is 37.1 Å². The minimum atomic E-state index is -0.470. The number of hydrogen-bond acceptors (Lipinski definition) is 3. The van der Waals surface area contributed by atoms with Crippen molar-refractivity contribution in [3.05, 3.63) is 28.3 Å². The van der Waals surface area contributed by atoms with Crippen molar-refractivity contribution in [3.63, 3.8) is 0 Å². The summed E-state index contributed by atoms with van der Waals surface area (Å²) in [5, 5.41) is 0.677. The van der Waals surface area contributed by atoms with E-state index in [4.69, 9.17) is 16.3 Å². The molecular weight excluding hydrogens is 307 g/mol. The maximum atomic E-state index is 11.2. The van der Waals surface area contributed by atoms with E-state index in [0.717, 1.165) is 16.9 Å². The number of carbonyl (C=O) groups is 1. The Hall–Kier alpha value is -0.740. The highest BCUT2D eigenvalue weighted by Crippen LogP contribution is 2.27. The first kappa shape index (κ1) is 14.3. The van der Waals surface area contributed by atoms with Crippen LogP contribution in [0.4, 0.5) is 0 Å². The third-order valence-corrected chi connectivity index (χ3v) is 3.11. The van der Waals surface area contributed by atoms with Crippen LogP contribution in [0.1, 0.15) is 11.1 Å². The van der Waals surface area contributed by atoms with E-state index < -0.39 is 4.83 Å². The van der Waals surface area contributed by atoms with Gasteiger partial charge < -0.3 is 9.47 Å². The topological polar surface area (TPSA) is 35.5 Å². The summed E-state index contributed by atoms with van der Waals surface area (Å²) in [6.45, 7) is 4.04. The van der Waals surface area contributed by atoms with Crippen molar-refractivity contribution >= 4 is 33.5 Å². The molecule has 0 fully saturated rings. The van der Waals surface area contributed by atoms with E-state index in [-0.39, 0.29) is 12.6 Å². The monoisotopic (exact) mass is 320 g/mol. The molecule has 0 aliphatic carbocycles. The zero-order valence-electron chi connectivity index (χ0n) is 9.92. The van der Waals surface area contributed by atoms with Gasteiger partial charge in [-0.2, -0.15) is 0 Å². The number of carbonyl (C=O) groups excluding carboxylic acids is 1. The van der Waals surface area contributed by atoms with Crippen LogP contribution < -0.4 is 4.74 Å². The number of alkyl halides is 1. The molecule has 0 saturated carbocycles. The minimum Gasteiger partial charge on any atom is -0.491 e. The fourth-order valence-corrected chi connectivity index (χ4v) is 2.12. The van der Waals surface area contributed by atoms with Crippen LogP contribution in [0.15, 0.2) is 12.1 Å². The van der Waals surface area contributed by atoms with Gasteiger partial charge in [-0.15, -0.1) is 0 Å². The van der Waals surface area contributed by atoms with E-state index >= 15 is 0 Å². The van der Waals surface area contributed by atoms with Gasteiger partial charge in [-0.3, -0.25) is 4.79 Å². The lowest BCUT2D eigenvalue weighted by Crippen LogP contribution is -2.23. The Morgan fingerprint density at radius 1 is 1.41 bits per heavy atom. The Bertz CT molecular complexity index is 397. The van der Waals surface area contributed by atoms with Gasteiger partial charge in [-0.1, -0.05) is 27.5 Å². The van der Waals surface area contributed by atoms with Crippen LogP contribution in [0.2, 0.25) is 5.02 Å². The summed E-state index contributed by atoms with van der Waals surface area (Å²) < 4.78 is 10.2. The van der Waals surface area contributed by atoms with Crippen molar-refractivity contribution < 1.29 is 14.3 Å². The number of hydrogen-bond donors (Lipinski definition) is 0. The Balaban J connectivity index is 2.73. The summed E-state index contributed by atoms with van der Waals surface area (Å²) in [6.07, 6.45) is 0. The molecule has 1 rings (SSSR count). The van der Waals surface area contributed by atoms with E-state index in [2.05, 4.69) is 20.7 Å². The predicted molar refractivity (Wildman–Crippen MR) is 71.2 cm³/mol. The maximum absolute atomic E-state index is 11.2. The summed E-state index contributed by atoms with van der Waals surface area (Å²) in [5.74, 6) is 0.400. The van der Waals surface area contributed by atoms with Crippen molar-refractivity contribution in [2.45, 2.75) is 18.7 Å². The molecule has 0 bridgehead atoms. The zero-order valence-corrected chi connectivity index (χ0v) is 12.3. The predicted octanol–water partition coefficient (Wildman–Crippen LogP) is 3.27. The second-order valence-corrected chi connectivity index (χ2v) is 5.21. The lowest BCUT2D eigenvalue weighted by atomic mass is 10.1. The zero-order chi connectivity index (χ0) is 13.0. The molecule has 3 nitrogen and oxygen atoms in total. The van der Waals surface area contributed by atoms with Gasteiger partial charge in [0.25, 0.3) is 0 Å². The number of ether oxygens (including phenoxy) is 2. The molecule has 0 aliphatic heterocycles. The molecule has 0 saturated heterocycles. The summed E-state index contributed by atoms with van der Waals surface area (Å²) in [6, 6.07) is 3.65. The average molecular weight is 322 g/mol. The molecule has 0 aliphatic rings. The van der Waals surface area contributed by atoms with E-state index in [1.165, 1.54) is 7.11 Å². The Morgan fingerprint density at radius 2 is 1.94 bits per heavy atom. The maximum Gasteiger partial charge on any atom is 0.322 e. The summed E-state index contributed by atoms with van der Waals surface area (Å²) in [5.41, 5.74) is 1.89. The van der Waals surface area contributed by atoms with E-state index in [0.29, 0.717) is 5.02 Å². The van der Waals surface area contributed by atoms with Crippen molar-refractivity contribution in [1.82, 2.24) is 0 Å². The lowest BCUT2D eigenvalue weighted by Gasteiger charge is -2.14. The van der Waals surface area contributed by atoms with Gasteiger partial charge >= 0.3 is 5.97 Å². The van der Waals surface area contributed by atoms with Crippen molar-refractivity contribution in [3.8, 4) is 5.75 Å². The highest BCUT2D eigenvalue weighted by atomic mass is 79.9. The number of esters is 1. The first-order chi connectivity index (χ1) is 7.95. The van der Waals surface area contributed by atoms with E-state index in [1.54, 1.807) is 0 Å². The quantitative estimate of drug-likeness (QED) is 0.631. The second kappa shape index (κ2) is 6.26. The highest BCUT2D eigenvalue weighted by Gasteiger charge is 2.17. The summed E-state index contributed by atoms with van der Waals surface area (Å²) in [4.78, 5) is 10.7. The first-order valence-corrected chi connectivity index (χ1v) is 6.36. The number of benzene rings is 1. The lowest BCUT2D eigenvalue weighted by molar-refractivity contribution is -0.140. The van der Waals surface area contributed by atoms with Crippen molar-refractivity contribution in [2.75, 3.05) is 13.7 Å². The summed E-state index contributed by atoms with van der Waals surface area (Å²) >= 11 is 9.12. The highest BCUT2D eigenvalue weighted by molar-refractivity contribution is 9.10. The van der Waals surface area contributed by atoms with Gasteiger partial charge in [0.05, 0.1) is 7.11 Å².